The average molecular weight is 321 g/mol. The van der Waals surface area contributed by atoms with Crippen LogP contribution in [0.3, 0.4) is 0 Å². The number of nitrogens with zero attached hydrogens (tertiary/aromatic N) is 2. The smallest absolute Gasteiger partial charge is 0.237 e. The largest absolute Gasteiger partial charge is 0.338 e. The fourth-order valence-corrected chi connectivity index (χ4v) is 3.63. The second-order valence-corrected chi connectivity index (χ2v) is 6.91. The third-order valence-corrected chi connectivity index (χ3v) is 4.96. The summed E-state index contributed by atoms with van der Waals surface area (Å²) in [6, 6.07) is 11.1. The van der Waals surface area contributed by atoms with Gasteiger partial charge in [-0.2, -0.15) is 0 Å². The fraction of sp³-hybridized carbons (Fsp3) is 0.611. The first kappa shape index (κ1) is 15.8. The summed E-state index contributed by atoms with van der Waals surface area (Å²) in [6.07, 6.45) is 4.77. The summed E-state index contributed by atoms with van der Waals surface area (Å²) >= 11 is 5.77. The van der Waals surface area contributed by atoms with Crippen molar-refractivity contribution in [2.75, 3.05) is 25.5 Å². The number of rotatable bonds is 6. The molecule has 2 fully saturated rings. The molecule has 1 aromatic carbocycles. The van der Waals surface area contributed by atoms with Gasteiger partial charge < -0.3 is 4.90 Å². The molecule has 1 aliphatic carbocycles. The quantitative estimate of drug-likeness (QED) is 0.752. The van der Waals surface area contributed by atoms with Crippen molar-refractivity contribution in [3.8, 4) is 0 Å². The molecule has 1 heterocycles. The minimum absolute atomic E-state index is 0.115. The Kier molecular flexibility index (Phi) is 5.37. The van der Waals surface area contributed by atoms with Gasteiger partial charge in [-0.25, -0.2) is 0 Å². The van der Waals surface area contributed by atoms with Crippen LogP contribution in [0, 0.1) is 5.92 Å². The van der Waals surface area contributed by atoms with Crippen molar-refractivity contribution < 1.29 is 4.79 Å². The van der Waals surface area contributed by atoms with Crippen molar-refractivity contribution >= 4 is 17.5 Å². The van der Waals surface area contributed by atoms with Gasteiger partial charge in [0.15, 0.2) is 0 Å². The molecule has 1 amide bonds. The van der Waals surface area contributed by atoms with Crippen LogP contribution in [0.1, 0.15) is 31.2 Å². The second-order valence-electron chi connectivity index (χ2n) is 6.64. The number of benzene rings is 1. The Hall–Kier alpha value is -1.06. The molecule has 0 spiro atoms. The van der Waals surface area contributed by atoms with Crippen LogP contribution in [-0.4, -0.2) is 47.3 Å². The summed E-state index contributed by atoms with van der Waals surface area (Å²) in [4.78, 5) is 16.6. The molecule has 0 aromatic heterocycles. The summed E-state index contributed by atoms with van der Waals surface area (Å²) in [5.41, 5.74) is 1.37. The fourth-order valence-electron chi connectivity index (χ4n) is 3.48. The van der Waals surface area contributed by atoms with Gasteiger partial charge in [0.1, 0.15) is 5.88 Å². The molecule has 0 radical (unpaired) electrons. The predicted octanol–water partition coefficient (Wildman–Crippen LogP) is 3.13. The van der Waals surface area contributed by atoms with E-state index in [4.69, 9.17) is 11.6 Å². The molecular weight excluding hydrogens is 296 g/mol. The van der Waals surface area contributed by atoms with Crippen LogP contribution in [0.4, 0.5) is 0 Å². The van der Waals surface area contributed by atoms with Crippen molar-refractivity contribution in [3.63, 3.8) is 0 Å². The Bertz CT molecular complexity index is 489. The van der Waals surface area contributed by atoms with E-state index in [2.05, 4.69) is 35.2 Å². The van der Waals surface area contributed by atoms with Crippen molar-refractivity contribution in [1.29, 1.82) is 0 Å². The third kappa shape index (κ3) is 4.23. The van der Waals surface area contributed by atoms with E-state index in [1.807, 2.05) is 4.90 Å². The van der Waals surface area contributed by atoms with E-state index in [1.54, 1.807) is 0 Å². The van der Waals surface area contributed by atoms with Crippen molar-refractivity contribution in [1.82, 2.24) is 9.80 Å². The number of alkyl halides is 1. The van der Waals surface area contributed by atoms with Crippen molar-refractivity contribution in [3.05, 3.63) is 35.9 Å². The first-order valence-corrected chi connectivity index (χ1v) is 8.91. The van der Waals surface area contributed by atoms with Crippen molar-refractivity contribution in [2.24, 2.45) is 5.92 Å². The zero-order valence-corrected chi connectivity index (χ0v) is 13.8. The number of amides is 1. The Morgan fingerprint density at radius 1 is 1.23 bits per heavy atom. The molecule has 1 saturated carbocycles. The van der Waals surface area contributed by atoms with Crippen LogP contribution in [-0.2, 0) is 11.3 Å². The van der Waals surface area contributed by atoms with E-state index in [-0.39, 0.29) is 11.8 Å². The lowest BCUT2D eigenvalue weighted by molar-refractivity contribution is -0.130. The highest BCUT2D eigenvalue weighted by Gasteiger charge is 2.34. The first-order chi connectivity index (χ1) is 10.8. The minimum atomic E-state index is 0.115. The molecule has 2 aliphatic rings. The summed E-state index contributed by atoms with van der Waals surface area (Å²) in [6.45, 7) is 4.16. The van der Waals surface area contributed by atoms with Gasteiger partial charge in [-0.3, -0.25) is 9.69 Å². The van der Waals surface area contributed by atoms with Crippen LogP contribution in [0.25, 0.3) is 0 Å². The van der Waals surface area contributed by atoms with E-state index < -0.39 is 0 Å². The molecule has 1 saturated heterocycles. The lowest BCUT2D eigenvalue weighted by atomic mass is 9.96. The topological polar surface area (TPSA) is 23.6 Å². The van der Waals surface area contributed by atoms with E-state index in [1.165, 1.54) is 18.4 Å². The minimum Gasteiger partial charge on any atom is -0.338 e. The Labute approximate surface area is 138 Å². The highest BCUT2D eigenvalue weighted by atomic mass is 35.5. The van der Waals surface area contributed by atoms with Gasteiger partial charge in [-0.1, -0.05) is 30.3 Å². The number of hydrogen-bond donors (Lipinski definition) is 0. The molecule has 1 atom stereocenters. The molecule has 1 aromatic rings. The molecule has 22 heavy (non-hydrogen) atoms. The second kappa shape index (κ2) is 7.47. The molecule has 3 nitrogen and oxygen atoms in total. The van der Waals surface area contributed by atoms with Gasteiger partial charge in [0.2, 0.25) is 5.91 Å². The van der Waals surface area contributed by atoms with Crippen molar-refractivity contribution in [2.45, 2.75) is 38.3 Å². The maximum atomic E-state index is 12.0. The lowest BCUT2D eigenvalue weighted by Crippen LogP contribution is -2.44. The highest BCUT2D eigenvalue weighted by molar-refractivity contribution is 6.27. The SMILES string of the molecule is O=C(CCl)N(C[C@H]1CCCN(Cc2ccccc2)C1)C1CC1. The number of piperidine rings is 1. The molecule has 0 bridgehead atoms. The Balaban J connectivity index is 1.54. The number of likely N-dealkylation sites (tertiary alicyclic amines) is 1. The van der Waals surface area contributed by atoms with Gasteiger partial charge in [0, 0.05) is 25.7 Å². The maximum absolute atomic E-state index is 12.0. The van der Waals surface area contributed by atoms with Crippen LogP contribution in [0.15, 0.2) is 30.3 Å². The summed E-state index contributed by atoms with van der Waals surface area (Å²) in [5.74, 6) is 0.825. The number of carbonyl (C=O) groups excluding carboxylic acids is 1. The molecule has 0 N–H and O–H groups in total. The van der Waals surface area contributed by atoms with Crippen LogP contribution in [0.5, 0.6) is 0 Å². The highest BCUT2D eigenvalue weighted by Crippen LogP contribution is 2.29. The lowest BCUT2D eigenvalue weighted by Gasteiger charge is -2.35. The van der Waals surface area contributed by atoms with Gasteiger partial charge >= 0.3 is 0 Å². The summed E-state index contributed by atoms with van der Waals surface area (Å²) in [5, 5.41) is 0. The molecule has 120 valence electrons. The molecule has 0 unspecified atom stereocenters. The van der Waals surface area contributed by atoms with Crippen LogP contribution < -0.4 is 0 Å². The number of carbonyl (C=O) groups is 1. The maximum Gasteiger partial charge on any atom is 0.237 e. The van der Waals surface area contributed by atoms with E-state index in [0.29, 0.717) is 12.0 Å². The Morgan fingerprint density at radius 2 is 2.00 bits per heavy atom. The number of hydrogen-bond acceptors (Lipinski definition) is 2. The third-order valence-electron chi connectivity index (χ3n) is 4.73. The van der Waals surface area contributed by atoms with Gasteiger partial charge in [0.25, 0.3) is 0 Å². The number of halogens is 1. The van der Waals surface area contributed by atoms with Gasteiger partial charge in [0.05, 0.1) is 0 Å². The zero-order valence-electron chi connectivity index (χ0n) is 13.1. The van der Waals surface area contributed by atoms with Crippen LogP contribution >= 0.6 is 11.6 Å². The predicted molar refractivity (Wildman–Crippen MR) is 89.9 cm³/mol. The van der Waals surface area contributed by atoms with E-state index in [9.17, 15) is 4.79 Å². The zero-order chi connectivity index (χ0) is 15.4. The molecular formula is C18H25ClN2O. The monoisotopic (exact) mass is 320 g/mol. The first-order valence-electron chi connectivity index (χ1n) is 8.38. The van der Waals surface area contributed by atoms with E-state index in [0.717, 1.165) is 39.0 Å². The molecule has 3 rings (SSSR count). The van der Waals surface area contributed by atoms with Crippen LogP contribution in [0.2, 0.25) is 0 Å². The standard InChI is InChI=1S/C18H25ClN2O/c19-11-18(22)21(17-8-9-17)14-16-7-4-10-20(13-16)12-15-5-2-1-3-6-15/h1-3,5-6,16-17H,4,7-14H2/t16-/m0/s1. The average Bonchev–Trinajstić information content (AvgIpc) is 3.38. The normalized spacial score (nSPS) is 22.5. The molecule has 1 aliphatic heterocycles. The molecule has 4 heteroatoms. The Morgan fingerprint density at radius 3 is 2.68 bits per heavy atom. The summed E-state index contributed by atoms with van der Waals surface area (Å²) < 4.78 is 0. The summed E-state index contributed by atoms with van der Waals surface area (Å²) in [7, 11) is 0. The van der Waals surface area contributed by atoms with E-state index >= 15 is 0 Å². The van der Waals surface area contributed by atoms with Gasteiger partial charge in [-0.15, -0.1) is 11.6 Å². The van der Waals surface area contributed by atoms with Gasteiger partial charge in [-0.05, 0) is 43.7 Å².